The summed E-state index contributed by atoms with van der Waals surface area (Å²) in [5.41, 5.74) is -0.119. The van der Waals surface area contributed by atoms with Gasteiger partial charge in [-0.15, -0.1) is 0 Å². The lowest BCUT2D eigenvalue weighted by molar-refractivity contribution is -0.137. The second kappa shape index (κ2) is 6.15. The standard InChI is InChI=1S/C15H12BrF4N/c1-21-14(12-8-11(16)5-6-13(12)17)9-3-2-4-10(7-9)15(18,19)20/h2-8,14,21H,1H3. The first-order chi connectivity index (χ1) is 9.82. The number of hydrogen-bond acceptors (Lipinski definition) is 1. The second-order valence-electron chi connectivity index (χ2n) is 4.51. The molecule has 0 fully saturated rings. The highest BCUT2D eigenvalue weighted by atomic mass is 79.9. The number of nitrogens with one attached hydrogen (secondary N) is 1. The molecule has 0 aliphatic rings. The van der Waals surface area contributed by atoms with Crippen LogP contribution in [0.15, 0.2) is 46.9 Å². The fraction of sp³-hybridized carbons (Fsp3) is 0.200. The molecule has 112 valence electrons. The fourth-order valence-electron chi connectivity index (χ4n) is 2.13. The minimum absolute atomic E-state index is 0.284. The molecule has 6 heteroatoms. The van der Waals surface area contributed by atoms with E-state index in [9.17, 15) is 17.6 Å². The molecule has 1 unspecified atom stereocenters. The Labute approximate surface area is 128 Å². The van der Waals surface area contributed by atoms with E-state index in [-0.39, 0.29) is 5.56 Å². The molecule has 0 saturated carbocycles. The normalized spacial score (nSPS) is 13.2. The van der Waals surface area contributed by atoms with Gasteiger partial charge < -0.3 is 5.32 Å². The van der Waals surface area contributed by atoms with Crippen LogP contribution in [-0.2, 0) is 6.18 Å². The zero-order valence-electron chi connectivity index (χ0n) is 11.0. The van der Waals surface area contributed by atoms with E-state index in [4.69, 9.17) is 0 Å². The van der Waals surface area contributed by atoms with Crippen molar-refractivity contribution in [1.29, 1.82) is 0 Å². The van der Waals surface area contributed by atoms with Crippen molar-refractivity contribution in [3.05, 3.63) is 69.4 Å². The molecule has 0 heterocycles. The molecule has 0 saturated heterocycles. The third-order valence-corrected chi connectivity index (χ3v) is 3.60. The van der Waals surface area contributed by atoms with Crippen molar-refractivity contribution >= 4 is 15.9 Å². The van der Waals surface area contributed by atoms with Gasteiger partial charge in [-0.3, -0.25) is 0 Å². The molecule has 0 radical (unpaired) electrons. The van der Waals surface area contributed by atoms with Crippen LogP contribution in [0.5, 0.6) is 0 Å². The van der Waals surface area contributed by atoms with Crippen molar-refractivity contribution in [2.45, 2.75) is 12.2 Å². The van der Waals surface area contributed by atoms with Gasteiger partial charge in [-0.1, -0.05) is 28.1 Å². The van der Waals surface area contributed by atoms with Crippen LogP contribution in [0, 0.1) is 5.82 Å². The molecule has 21 heavy (non-hydrogen) atoms. The van der Waals surface area contributed by atoms with Crippen LogP contribution in [0.2, 0.25) is 0 Å². The van der Waals surface area contributed by atoms with E-state index in [0.29, 0.717) is 10.0 Å². The lowest BCUT2D eigenvalue weighted by Gasteiger charge is -2.19. The maximum absolute atomic E-state index is 13.9. The van der Waals surface area contributed by atoms with Gasteiger partial charge in [0, 0.05) is 10.0 Å². The summed E-state index contributed by atoms with van der Waals surface area (Å²) in [7, 11) is 1.57. The van der Waals surface area contributed by atoms with Gasteiger partial charge in [0.2, 0.25) is 0 Å². The largest absolute Gasteiger partial charge is 0.416 e. The highest BCUT2D eigenvalue weighted by molar-refractivity contribution is 9.10. The highest BCUT2D eigenvalue weighted by Gasteiger charge is 2.31. The lowest BCUT2D eigenvalue weighted by atomic mass is 9.96. The molecule has 0 spiro atoms. The Bertz CT molecular complexity index is 640. The van der Waals surface area contributed by atoms with Gasteiger partial charge in [-0.05, 0) is 42.9 Å². The lowest BCUT2D eigenvalue weighted by Crippen LogP contribution is -2.19. The Kier molecular flexibility index (Phi) is 4.68. The molecule has 1 atom stereocenters. The molecule has 0 aliphatic carbocycles. The van der Waals surface area contributed by atoms with E-state index in [1.165, 1.54) is 24.3 Å². The van der Waals surface area contributed by atoms with Crippen molar-refractivity contribution in [3.8, 4) is 0 Å². The highest BCUT2D eigenvalue weighted by Crippen LogP contribution is 2.33. The van der Waals surface area contributed by atoms with E-state index < -0.39 is 23.6 Å². The van der Waals surface area contributed by atoms with Crippen LogP contribution in [-0.4, -0.2) is 7.05 Å². The van der Waals surface area contributed by atoms with E-state index >= 15 is 0 Å². The van der Waals surface area contributed by atoms with E-state index in [1.54, 1.807) is 13.1 Å². The average molecular weight is 362 g/mol. The SMILES string of the molecule is CNC(c1cccc(C(F)(F)F)c1)c1cc(Br)ccc1F. The predicted molar refractivity (Wildman–Crippen MR) is 76.4 cm³/mol. The minimum Gasteiger partial charge on any atom is -0.309 e. The summed E-state index contributed by atoms with van der Waals surface area (Å²) in [6, 6.07) is 8.58. The van der Waals surface area contributed by atoms with Crippen LogP contribution in [0.1, 0.15) is 22.7 Å². The first-order valence-electron chi connectivity index (χ1n) is 6.12. The summed E-state index contributed by atoms with van der Waals surface area (Å²) in [6.07, 6.45) is -4.43. The third-order valence-electron chi connectivity index (χ3n) is 3.11. The summed E-state index contributed by atoms with van der Waals surface area (Å²) in [5.74, 6) is -0.477. The first-order valence-corrected chi connectivity index (χ1v) is 6.91. The predicted octanol–water partition coefficient (Wildman–Crippen LogP) is 4.92. The van der Waals surface area contributed by atoms with E-state index in [0.717, 1.165) is 12.1 Å². The molecule has 2 rings (SSSR count). The third kappa shape index (κ3) is 3.63. The Balaban J connectivity index is 2.49. The number of hydrogen-bond donors (Lipinski definition) is 1. The van der Waals surface area contributed by atoms with E-state index in [1.807, 2.05) is 0 Å². The Hall–Kier alpha value is -1.40. The number of rotatable bonds is 3. The Morgan fingerprint density at radius 2 is 1.81 bits per heavy atom. The molecule has 1 nitrogen and oxygen atoms in total. The van der Waals surface area contributed by atoms with Crippen molar-refractivity contribution in [1.82, 2.24) is 5.32 Å². The first kappa shape index (κ1) is 16.0. The quantitative estimate of drug-likeness (QED) is 0.765. The number of benzene rings is 2. The van der Waals surface area contributed by atoms with Crippen molar-refractivity contribution in [2.24, 2.45) is 0 Å². The molecule has 0 bridgehead atoms. The zero-order valence-corrected chi connectivity index (χ0v) is 12.6. The van der Waals surface area contributed by atoms with Crippen LogP contribution in [0.4, 0.5) is 17.6 Å². The smallest absolute Gasteiger partial charge is 0.309 e. The molecule has 1 N–H and O–H groups in total. The maximum atomic E-state index is 13.9. The van der Waals surface area contributed by atoms with Crippen LogP contribution in [0.25, 0.3) is 0 Å². The molecule has 0 aromatic heterocycles. The summed E-state index contributed by atoms with van der Waals surface area (Å²) in [6.45, 7) is 0. The van der Waals surface area contributed by atoms with Crippen molar-refractivity contribution in [2.75, 3.05) is 7.05 Å². The van der Waals surface area contributed by atoms with Gasteiger partial charge in [0.15, 0.2) is 0 Å². The molecule has 2 aromatic carbocycles. The van der Waals surface area contributed by atoms with Crippen LogP contribution >= 0.6 is 15.9 Å². The molecule has 0 amide bonds. The number of halogens is 5. The summed E-state index contributed by atoms with van der Waals surface area (Å²) in [5, 5.41) is 2.85. The molecule has 2 aromatic rings. The summed E-state index contributed by atoms with van der Waals surface area (Å²) >= 11 is 3.24. The number of alkyl halides is 3. The summed E-state index contributed by atoms with van der Waals surface area (Å²) in [4.78, 5) is 0. The molecular formula is C15H12BrF4N. The zero-order chi connectivity index (χ0) is 15.6. The van der Waals surface area contributed by atoms with Crippen LogP contribution < -0.4 is 5.32 Å². The Morgan fingerprint density at radius 1 is 1.10 bits per heavy atom. The maximum Gasteiger partial charge on any atom is 0.416 e. The van der Waals surface area contributed by atoms with Gasteiger partial charge in [-0.2, -0.15) is 13.2 Å². The van der Waals surface area contributed by atoms with Crippen molar-refractivity contribution in [3.63, 3.8) is 0 Å². The Morgan fingerprint density at radius 3 is 2.43 bits per heavy atom. The second-order valence-corrected chi connectivity index (χ2v) is 5.43. The minimum atomic E-state index is -4.43. The van der Waals surface area contributed by atoms with Gasteiger partial charge in [0.25, 0.3) is 0 Å². The fourth-order valence-corrected chi connectivity index (χ4v) is 2.51. The van der Waals surface area contributed by atoms with Gasteiger partial charge >= 0.3 is 6.18 Å². The van der Waals surface area contributed by atoms with Crippen molar-refractivity contribution < 1.29 is 17.6 Å². The average Bonchev–Trinajstić information content (AvgIpc) is 2.43. The summed E-state index contributed by atoms with van der Waals surface area (Å²) < 4.78 is 52.9. The van der Waals surface area contributed by atoms with Gasteiger partial charge in [0.1, 0.15) is 5.82 Å². The van der Waals surface area contributed by atoms with Gasteiger partial charge in [-0.25, -0.2) is 4.39 Å². The molecule has 0 aliphatic heterocycles. The van der Waals surface area contributed by atoms with E-state index in [2.05, 4.69) is 21.2 Å². The monoisotopic (exact) mass is 361 g/mol. The van der Waals surface area contributed by atoms with Gasteiger partial charge in [0.05, 0.1) is 11.6 Å². The molecular weight excluding hydrogens is 350 g/mol. The van der Waals surface area contributed by atoms with Crippen LogP contribution in [0.3, 0.4) is 0 Å². The topological polar surface area (TPSA) is 12.0 Å².